The largest absolute Gasteiger partial charge is 0.385 e. The molecule has 0 atom stereocenters. The quantitative estimate of drug-likeness (QED) is 0.161. The van der Waals surface area contributed by atoms with Crippen molar-refractivity contribution in [2.24, 2.45) is 16.7 Å². The van der Waals surface area contributed by atoms with E-state index < -0.39 is 0 Å². The van der Waals surface area contributed by atoms with Crippen LogP contribution in [0.4, 0.5) is 0 Å². The van der Waals surface area contributed by atoms with Crippen molar-refractivity contribution in [3.05, 3.63) is 54.5 Å². The lowest BCUT2D eigenvalue weighted by atomic mass is 10.2. The Morgan fingerprint density at radius 2 is 2.08 bits per heavy atom. The summed E-state index contributed by atoms with van der Waals surface area (Å²) in [5, 5.41) is 3.50. The fraction of sp³-hybridized carbons (Fsp3) is 0.235. The third-order valence-electron chi connectivity index (χ3n) is 3.38. The normalized spacial score (nSPS) is 11.2. The predicted octanol–water partition coefficient (Wildman–Crippen LogP) is 1.95. The topological polar surface area (TPSA) is 104 Å². The van der Waals surface area contributed by atoms with Gasteiger partial charge in [-0.25, -0.2) is 4.98 Å². The Bertz CT molecular complexity index is 829. The molecule has 0 aliphatic carbocycles. The minimum absolute atomic E-state index is 0.296. The van der Waals surface area contributed by atoms with Crippen LogP contribution in [-0.2, 0) is 4.74 Å². The second-order valence-electron chi connectivity index (χ2n) is 5.09. The Morgan fingerprint density at radius 1 is 1.28 bits per heavy atom. The predicted molar refractivity (Wildman–Crippen MR) is 104 cm³/mol. The summed E-state index contributed by atoms with van der Waals surface area (Å²) in [5.41, 5.74) is 9.05. The van der Waals surface area contributed by atoms with E-state index in [1.54, 1.807) is 19.5 Å². The number of thiol groups is 1. The van der Waals surface area contributed by atoms with Crippen molar-refractivity contribution >= 4 is 29.6 Å². The molecule has 2 heterocycles. The summed E-state index contributed by atoms with van der Waals surface area (Å²) in [5.74, 6) is 6.42. The lowest BCUT2D eigenvalue weighted by Gasteiger charge is -2.06. The van der Waals surface area contributed by atoms with Gasteiger partial charge in [-0.1, -0.05) is 12.1 Å². The number of hydrogen-bond acceptors (Lipinski definition) is 6. The molecular formula is C17H22N6OS. The lowest BCUT2D eigenvalue weighted by molar-refractivity contribution is 0.200. The van der Waals surface area contributed by atoms with Gasteiger partial charge in [-0.15, -0.1) is 0 Å². The molecule has 0 fully saturated rings. The first-order valence-electron chi connectivity index (χ1n) is 7.73. The highest BCUT2D eigenvalue weighted by Crippen LogP contribution is 2.17. The van der Waals surface area contributed by atoms with Crippen LogP contribution in [0.5, 0.6) is 0 Å². The number of amidine groups is 1. The Hall–Kier alpha value is -2.58. The van der Waals surface area contributed by atoms with Gasteiger partial charge in [0.15, 0.2) is 5.65 Å². The van der Waals surface area contributed by atoms with Gasteiger partial charge in [0.05, 0.1) is 0 Å². The van der Waals surface area contributed by atoms with E-state index in [9.17, 15) is 0 Å². The first-order valence-corrected chi connectivity index (χ1v) is 8.36. The van der Waals surface area contributed by atoms with Gasteiger partial charge in [0, 0.05) is 43.6 Å². The number of benzene rings is 1. The molecule has 0 saturated heterocycles. The molecule has 0 aliphatic heterocycles. The van der Waals surface area contributed by atoms with E-state index in [-0.39, 0.29) is 0 Å². The summed E-state index contributed by atoms with van der Waals surface area (Å²) >= 11 is 3.97. The molecule has 3 rings (SSSR count). The molecule has 4 N–H and O–H groups in total. The molecule has 0 spiro atoms. The number of hydrogen-bond donors (Lipinski definition) is 3. The van der Waals surface area contributed by atoms with E-state index in [4.69, 9.17) is 16.3 Å². The minimum Gasteiger partial charge on any atom is -0.385 e. The maximum absolute atomic E-state index is 5.72. The molecule has 132 valence electrons. The van der Waals surface area contributed by atoms with E-state index in [1.807, 2.05) is 41.1 Å². The number of rotatable bonds is 5. The summed E-state index contributed by atoms with van der Waals surface area (Å²) in [4.78, 5) is 8.58. The van der Waals surface area contributed by atoms with E-state index in [1.165, 1.54) is 0 Å². The van der Waals surface area contributed by atoms with Crippen LogP contribution >= 0.6 is 12.6 Å². The summed E-state index contributed by atoms with van der Waals surface area (Å²) < 4.78 is 6.67. The van der Waals surface area contributed by atoms with Crippen LogP contribution < -0.4 is 11.6 Å². The molecule has 1 aromatic carbocycles. The maximum atomic E-state index is 5.72. The van der Waals surface area contributed by atoms with Crippen LogP contribution in [0.2, 0.25) is 0 Å². The van der Waals surface area contributed by atoms with Crippen molar-refractivity contribution in [1.29, 1.82) is 0 Å². The minimum atomic E-state index is 0.296. The number of fused-ring (bicyclic) bond motifs is 1. The molecule has 0 unspecified atom stereocenters. The summed E-state index contributed by atoms with van der Waals surface area (Å²) in [6, 6.07) is 9.52. The average molecular weight is 358 g/mol. The molecule has 8 heteroatoms. The van der Waals surface area contributed by atoms with Gasteiger partial charge in [0.25, 0.3) is 0 Å². The highest BCUT2D eigenvalue weighted by Gasteiger charge is 2.06. The Balaban J connectivity index is 0.000000326. The molecular weight excluding hydrogens is 336 g/mol. The van der Waals surface area contributed by atoms with Crippen LogP contribution in [0.3, 0.4) is 0 Å². The average Bonchev–Trinajstić information content (AvgIpc) is 3.10. The monoisotopic (exact) mass is 358 g/mol. The van der Waals surface area contributed by atoms with Gasteiger partial charge in [0.1, 0.15) is 11.4 Å². The van der Waals surface area contributed by atoms with Gasteiger partial charge < -0.3 is 16.3 Å². The van der Waals surface area contributed by atoms with Gasteiger partial charge in [-0.3, -0.25) is 9.55 Å². The van der Waals surface area contributed by atoms with Crippen LogP contribution in [0.1, 0.15) is 12.0 Å². The van der Waals surface area contributed by atoms with Gasteiger partial charge in [-0.05, 0) is 30.4 Å². The molecule has 0 amide bonds. The van der Waals surface area contributed by atoms with Crippen LogP contribution in [0, 0.1) is 0 Å². The lowest BCUT2D eigenvalue weighted by Crippen LogP contribution is -2.15. The number of methoxy groups -OCH3 is 1. The fourth-order valence-corrected chi connectivity index (χ4v) is 2.30. The third kappa shape index (κ3) is 4.94. The van der Waals surface area contributed by atoms with Crippen molar-refractivity contribution in [2.45, 2.75) is 6.42 Å². The zero-order valence-corrected chi connectivity index (χ0v) is 14.9. The highest BCUT2D eigenvalue weighted by molar-refractivity contribution is 7.80. The first-order chi connectivity index (χ1) is 12.2. The van der Waals surface area contributed by atoms with Crippen LogP contribution in [0.25, 0.3) is 16.9 Å². The third-order valence-corrected chi connectivity index (χ3v) is 3.70. The second kappa shape index (κ2) is 9.65. The van der Waals surface area contributed by atoms with E-state index in [0.29, 0.717) is 5.84 Å². The Kier molecular flexibility index (Phi) is 7.24. The van der Waals surface area contributed by atoms with Crippen molar-refractivity contribution in [3.8, 4) is 5.69 Å². The van der Waals surface area contributed by atoms with Gasteiger partial charge >= 0.3 is 0 Å². The number of ether oxygens (including phenoxy) is 1. The number of nitrogens with zero attached hydrogens (tertiary/aromatic N) is 4. The first kappa shape index (κ1) is 18.8. The van der Waals surface area contributed by atoms with Crippen molar-refractivity contribution in [3.63, 3.8) is 0 Å². The molecule has 7 nitrogen and oxygen atoms in total. The van der Waals surface area contributed by atoms with Crippen LogP contribution in [-0.4, -0.2) is 39.8 Å². The van der Waals surface area contributed by atoms with E-state index >= 15 is 0 Å². The second-order valence-corrected chi connectivity index (χ2v) is 5.53. The maximum Gasteiger partial charge on any atom is 0.163 e. The fourth-order valence-electron chi connectivity index (χ4n) is 2.17. The smallest absolute Gasteiger partial charge is 0.163 e. The van der Waals surface area contributed by atoms with Crippen molar-refractivity contribution in [2.75, 3.05) is 19.5 Å². The highest BCUT2D eigenvalue weighted by atomic mass is 32.1. The summed E-state index contributed by atoms with van der Waals surface area (Å²) in [7, 11) is 1.70. The zero-order valence-electron chi connectivity index (χ0n) is 14.0. The van der Waals surface area contributed by atoms with Gasteiger partial charge in [0.2, 0.25) is 0 Å². The Morgan fingerprint density at radius 3 is 2.76 bits per heavy atom. The zero-order chi connectivity index (χ0) is 18.1. The van der Waals surface area contributed by atoms with Gasteiger partial charge in [-0.2, -0.15) is 17.7 Å². The number of hydrazone groups is 1. The SMILES string of the molecule is COCCCS.N/N=C(\N)c1cccc(-n2ccc3nccnc32)c1. The number of nitrogens with two attached hydrogens (primary N) is 2. The number of aromatic nitrogens is 3. The molecule has 25 heavy (non-hydrogen) atoms. The summed E-state index contributed by atoms with van der Waals surface area (Å²) in [6.45, 7) is 0.837. The molecule has 2 aromatic heterocycles. The molecule has 3 aromatic rings. The summed E-state index contributed by atoms with van der Waals surface area (Å²) in [6.07, 6.45) is 6.31. The van der Waals surface area contributed by atoms with E-state index in [0.717, 1.165) is 41.2 Å². The van der Waals surface area contributed by atoms with Crippen LogP contribution in [0.15, 0.2) is 54.0 Å². The molecule has 0 aliphatic rings. The van der Waals surface area contributed by atoms with Crippen molar-refractivity contribution < 1.29 is 4.74 Å². The molecule has 0 saturated carbocycles. The van der Waals surface area contributed by atoms with E-state index in [2.05, 4.69) is 27.7 Å². The standard InChI is InChI=1S/C13H12N6.C4H10OS/c14-12(18-15)9-2-1-3-10(8-9)19-7-4-11-13(19)17-6-5-16-11;1-5-3-2-4-6/h1-8H,15H2,(H2,14,18);6H,2-4H2,1H3. The molecule has 0 radical (unpaired) electrons. The molecule has 0 bridgehead atoms. The Labute approximate surface area is 152 Å². The van der Waals surface area contributed by atoms with Crippen molar-refractivity contribution in [1.82, 2.24) is 14.5 Å².